The maximum absolute atomic E-state index is 12.5. The van der Waals surface area contributed by atoms with Gasteiger partial charge in [0.15, 0.2) is 0 Å². The van der Waals surface area contributed by atoms with E-state index in [1.807, 2.05) is 0 Å². The molecular formula is C19H25N3O5S. The van der Waals surface area contributed by atoms with Crippen molar-refractivity contribution in [2.45, 2.75) is 31.7 Å². The third kappa shape index (κ3) is 5.20. The average molecular weight is 407 g/mol. The summed E-state index contributed by atoms with van der Waals surface area (Å²) in [5, 5.41) is 5.22. The second kappa shape index (κ2) is 9.52. The van der Waals surface area contributed by atoms with Crippen molar-refractivity contribution < 1.29 is 22.4 Å². The second-order valence-electron chi connectivity index (χ2n) is 6.10. The number of hydrogen-bond acceptors (Lipinski definition) is 5. The molecule has 0 saturated carbocycles. The van der Waals surface area contributed by atoms with Gasteiger partial charge in [-0.05, 0) is 43.3 Å². The summed E-state index contributed by atoms with van der Waals surface area (Å²) in [7, 11) is -3.58. The van der Waals surface area contributed by atoms with Crippen LogP contribution in [0.2, 0.25) is 0 Å². The van der Waals surface area contributed by atoms with Gasteiger partial charge in [-0.15, -0.1) is 0 Å². The van der Waals surface area contributed by atoms with Crippen molar-refractivity contribution in [3.63, 3.8) is 0 Å². The third-order valence-corrected chi connectivity index (χ3v) is 6.28. The van der Waals surface area contributed by atoms with E-state index in [1.54, 1.807) is 32.9 Å². The molecule has 0 fully saturated rings. The fourth-order valence-corrected chi connectivity index (χ4v) is 4.11. The summed E-state index contributed by atoms with van der Waals surface area (Å²) in [6.45, 7) is 5.83. The number of carbonyl (C=O) groups excluding carboxylic acids is 2. The highest BCUT2D eigenvalue weighted by atomic mass is 32.2. The molecule has 28 heavy (non-hydrogen) atoms. The van der Waals surface area contributed by atoms with Crippen LogP contribution in [0.15, 0.2) is 52.0 Å². The number of amides is 2. The van der Waals surface area contributed by atoms with Gasteiger partial charge in [0.05, 0.1) is 23.7 Å². The van der Waals surface area contributed by atoms with Crippen LogP contribution in [0, 0.1) is 0 Å². The monoisotopic (exact) mass is 407 g/mol. The highest BCUT2D eigenvalue weighted by molar-refractivity contribution is 7.89. The lowest BCUT2D eigenvalue weighted by Crippen LogP contribution is -2.38. The highest BCUT2D eigenvalue weighted by Crippen LogP contribution is 2.16. The molecule has 2 rings (SSSR count). The molecule has 152 valence electrons. The third-order valence-electron chi connectivity index (χ3n) is 4.22. The average Bonchev–Trinajstić information content (AvgIpc) is 3.22. The Morgan fingerprint density at radius 3 is 2.29 bits per heavy atom. The number of hydrogen-bond donors (Lipinski definition) is 2. The van der Waals surface area contributed by atoms with Gasteiger partial charge in [0.2, 0.25) is 15.9 Å². The molecule has 2 aromatic rings. The Morgan fingerprint density at radius 1 is 1.11 bits per heavy atom. The van der Waals surface area contributed by atoms with Crippen LogP contribution in [0.4, 0.5) is 0 Å². The first-order chi connectivity index (χ1) is 13.3. The zero-order valence-electron chi connectivity index (χ0n) is 16.1. The molecule has 0 radical (unpaired) electrons. The minimum absolute atomic E-state index is 0.123. The molecule has 2 amide bonds. The van der Waals surface area contributed by atoms with Crippen LogP contribution in [0.25, 0.3) is 0 Å². The van der Waals surface area contributed by atoms with Crippen LogP contribution in [-0.2, 0) is 14.8 Å². The van der Waals surface area contributed by atoms with E-state index in [0.29, 0.717) is 18.8 Å². The van der Waals surface area contributed by atoms with E-state index in [-0.39, 0.29) is 29.0 Å². The van der Waals surface area contributed by atoms with E-state index < -0.39 is 15.9 Å². The standard InChI is InChI=1S/C19H25N3O5S/c1-4-22(5-2)28(25,26)16-10-8-15(9-11-16)19(24)20-13-18(23)21-14(3)17-7-6-12-27-17/h6-12,14H,4-5,13H2,1-3H3,(H,20,24)(H,21,23)/t14-/m0/s1. The molecule has 8 nitrogen and oxygen atoms in total. The predicted molar refractivity (Wildman–Crippen MR) is 104 cm³/mol. The Balaban J connectivity index is 1.93. The number of rotatable bonds is 9. The number of nitrogens with zero attached hydrogens (tertiary/aromatic N) is 1. The van der Waals surface area contributed by atoms with E-state index in [1.165, 1.54) is 34.8 Å². The van der Waals surface area contributed by atoms with E-state index in [0.717, 1.165) is 0 Å². The molecule has 0 bridgehead atoms. The summed E-state index contributed by atoms with van der Waals surface area (Å²) in [6, 6.07) is 8.79. The molecule has 0 spiro atoms. The summed E-state index contributed by atoms with van der Waals surface area (Å²) < 4.78 is 31.5. The topological polar surface area (TPSA) is 109 Å². The normalized spacial score (nSPS) is 12.6. The van der Waals surface area contributed by atoms with Crippen LogP contribution < -0.4 is 10.6 Å². The van der Waals surface area contributed by atoms with Crippen LogP contribution in [0.5, 0.6) is 0 Å². The van der Waals surface area contributed by atoms with E-state index in [2.05, 4.69) is 10.6 Å². The number of furan rings is 1. The maximum atomic E-state index is 12.5. The van der Waals surface area contributed by atoms with Gasteiger partial charge in [0.1, 0.15) is 5.76 Å². The smallest absolute Gasteiger partial charge is 0.251 e. The van der Waals surface area contributed by atoms with Gasteiger partial charge in [-0.25, -0.2) is 8.42 Å². The van der Waals surface area contributed by atoms with Gasteiger partial charge in [-0.2, -0.15) is 4.31 Å². The van der Waals surface area contributed by atoms with Crippen molar-refractivity contribution in [2.75, 3.05) is 19.6 Å². The minimum atomic E-state index is -3.58. The molecule has 1 aromatic carbocycles. The first-order valence-corrected chi connectivity index (χ1v) is 10.4. The van der Waals surface area contributed by atoms with Gasteiger partial charge >= 0.3 is 0 Å². The van der Waals surface area contributed by atoms with Crippen LogP contribution in [0.1, 0.15) is 42.9 Å². The van der Waals surface area contributed by atoms with Crippen molar-refractivity contribution in [1.82, 2.24) is 14.9 Å². The maximum Gasteiger partial charge on any atom is 0.251 e. The summed E-state index contributed by atoms with van der Waals surface area (Å²) in [5.74, 6) is -0.213. The summed E-state index contributed by atoms with van der Waals surface area (Å²) in [6.07, 6.45) is 1.52. The SMILES string of the molecule is CCN(CC)S(=O)(=O)c1ccc(C(=O)NCC(=O)N[C@@H](C)c2ccco2)cc1. The fraction of sp³-hybridized carbons (Fsp3) is 0.368. The van der Waals surface area contributed by atoms with Gasteiger partial charge in [-0.1, -0.05) is 13.8 Å². The molecule has 0 aliphatic rings. The molecule has 1 heterocycles. The lowest BCUT2D eigenvalue weighted by atomic mass is 10.2. The molecule has 1 atom stereocenters. The van der Waals surface area contributed by atoms with E-state index >= 15 is 0 Å². The van der Waals surface area contributed by atoms with Crippen molar-refractivity contribution >= 4 is 21.8 Å². The lowest BCUT2D eigenvalue weighted by molar-refractivity contribution is -0.120. The Kier molecular flexibility index (Phi) is 7.36. The molecule has 9 heteroatoms. The predicted octanol–water partition coefficient (Wildman–Crippen LogP) is 1.92. The number of sulfonamides is 1. The summed E-state index contributed by atoms with van der Waals surface area (Å²) in [4.78, 5) is 24.3. The van der Waals surface area contributed by atoms with E-state index in [9.17, 15) is 18.0 Å². The molecule has 0 unspecified atom stereocenters. The molecule has 2 N–H and O–H groups in total. The van der Waals surface area contributed by atoms with Gasteiger partial charge < -0.3 is 15.1 Å². The van der Waals surface area contributed by atoms with Crippen LogP contribution in [0.3, 0.4) is 0 Å². The van der Waals surface area contributed by atoms with Crippen LogP contribution >= 0.6 is 0 Å². The Morgan fingerprint density at radius 2 is 1.75 bits per heavy atom. The van der Waals surface area contributed by atoms with Gasteiger partial charge in [-0.3, -0.25) is 9.59 Å². The molecule has 0 aliphatic carbocycles. The Labute approximate surface area is 165 Å². The van der Waals surface area contributed by atoms with Gasteiger partial charge in [0.25, 0.3) is 5.91 Å². The second-order valence-corrected chi connectivity index (χ2v) is 8.04. The zero-order valence-corrected chi connectivity index (χ0v) is 17.0. The number of nitrogens with one attached hydrogen (secondary N) is 2. The molecule has 1 aromatic heterocycles. The fourth-order valence-electron chi connectivity index (χ4n) is 2.65. The first-order valence-electron chi connectivity index (χ1n) is 9.00. The number of carbonyl (C=O) groups is 2. The van der Waals surface area contributed by atoms with Crippen LogP contribution in [-0.4, -0.2) is 44.2 Å². The van der Waals surface area contributed by atoms with Gasteiger partial charge in [0, 0.05) is 18.7 Å². The zero-order chi connectivity index (χ0) is 20.7. The minimum Gasteiger partial charge on any atom is -0.467 e. The van der Waals surface area contributed by atoms with E-state index in [4.69, 9.17) is 4.42 Å². The van der Waals surface area contributed by atoms with Crippen molar-refractivity contribution in [2.24, 2.45) is 0 Å². The van der Waals surface area contributed by atoms with Crippen molar-refractivity contribution in [3.8, 4) is 0 Å². The summed E-state index contributed by atoms with van der Waals surface area (Å²) >= 11 is 0. The summed E-state index contributed by atoms with van der Waals surface area (Å²) in [5.41, 5.74) is 0.269. The first kappa shape index (κ1) is 21.6. The largest absolute Gasteiger partial charge is 0.467 e. The Bertz CT molecular complexity index is 888. The highest BCUT2D eigenvalue weighted by Gasteiger charge is 2.21. The Hall–Kier alpha value is -2.65. The molecular weight excluding hydrogens is 382 g/mol. The number of benzene rings is 1. The quantitative estimate of drug-likeness (QED) is 0.660. The molecule has 0 saturated heterocycles. The lowest BCUT2D eigenvalue weighted by Gasteiger charge is -2.18. The van der Waals surface area contributed by atoms with Crippen molar-refractivity contribution in [3.05, 3.63) is 54.0 Å². The van der Waals surface area contributed by atoms with Crippen molar-refractivity contribution in [1.29, 1.82) is 0 Å². The molecule has 0 aliphatic heterocycles.